The Morgan fingerprint density at radius 2 is 1.50 bits per heavy atom. The van der Waals surface area contributed by atoms with Crippen molar-refractivity contribution >= 4 is 35.6 Å². The molecule has 0 saturated carbocycles. The van der Waals surface area contributed by atoms with Crippen molar-refractivity contribution in [3.05, 3.63) is 12.2 Å². The lowest BCUT2D eigenvalue weighted by atomic mass is 10.1. The molecular weight excluding hydrogens is 402 g/mol. The largest absolute Gasteiger partial charge is 0.480 e. The summed E-state index contributed by atoms with van der Waals surface area (Å²) in [6, 6.07) is -1.27. The van der Waals surface area contributed by atoms with Crippen LogP contribution in [0.5, 0.6) is 0 Å². The molecule has 1 rings (SSSR count). The summed E-state index contributed by atoms with van der Waals surface area (Å²) in [6.07, 6.45) is 3.52. The van der Waals surface area contributed by atoms with Crippen LogP contribution in [0.15, 0.2) is 12.2 Å². The molecule has 4 N–H and O–H groups in total. The van der Waals surface area contributed by atoms with E-state index < -0.39 is 48.9 Å². The van der Waals surface area contributed by atoms with Gasteiger partial charge in [0, 0.05) is 31.7 Å². The lowest BCUT2D eigenvalue weighted by Crippen LogP contribution is -2.46. The van der Waals surface area contributed by atoms with Gasteiger partial charge in [-0.25, -0.2) is 0 Å². The maximum Gasteiger partial charge on any atom is 0.320 e. The van der Waals surface area contributed by atoms with Crippen LogP contribution in [-0.4, -0.2) is 93.0 Å². The molecule has 12 heteroatoms. The van der Waals surface area contributed by atoms with Crippen LogP contribution in [0.25, 0.3) is 0 Å². The summed E-state index contributed by atoms with van der Waals surface area (Å²) in [4.78, 5) is 69.6. The van der Waals surface area contributed by atoms with Gasteiger partial charge < -0.3 is 20.6 Å². The van der Waals surface area contributed by atoms with Crippen LogP contribution in [0, 0.1) is 0 Å². The fourth-order valence-corrected chi connectivity index (χ4v) is 2.91. The van der Waals surface area contributed by atoms with Gasteiger partial charge in [-0.2, -0.15) is 0 Å². The summed E-state index contributed by atoms with van der Waals surface area (Å²) in [5, 5.41) is 29.6. The first-order chi connectivity index (χ1) is 14.1. The molecule has 166 valence electrons. The number of unbranched alkanes of at least 4 members (excludes halogenated alkanes) is 1. The van der Waals surface area contributed by atoms with Gasteiger partial charge in [-0.05, 0) is 25.7 Å². The molecule has 0 aliphatic carbocycles. The molecule has 0 aromatic rings. The SMILES string of the molecule is O=C(O)CN(CC(=O)O)C(CCCCNC(=O)CCCN1C(=O)C=CC1=O)C(=O)O. The number of amides is 3. The van der Waals surface area contributed by atoms with Crippen LogP contribution in [0.1, 0.15) is 32.1 Å². The van der Waals surface area contributed by atoms with Crippen molar-refractivity contribution in [3.8, 4) is 0 Å². The zero-order valence-electron chi connectivity index (χ0n) is 16.3. The number of hydrogen-bond acceptors (Lipinski definition) is 7. The van der Waals surface area contributed by atoms with Gasteiger partial charge in [-0.3, -0.25) is 38.6 Å². The number of rotatable bonds is 15. The molecule has 0 aromatic carbocycles. The summed E-state index contributed by atoms with van der Waals surface area (Å²) in [6.45, 7) is -1.03. The lowest BCUT2D eigenvalue weighted by Gasteiger charge is -2.25. The van der Waals surface area contributed by atoms with E-state index in [9.17, 15) is 33.9 Å². The van der Waals surface area contributed by atoms with E-state index in [1.165, 1.54) is 12.2 Å². The Morgan fingerprint density at radius 1 is 0.933 bits per heavy atom. The normalized spacial score (nSPS) is 14.2. The minimum Gasteiger partial charge on any atom is -0.480 e. The number of nitrogens with zero attached hydrogens (tertiary/aromatic N) is 2. The van der Waals surface area contributed by atoms with Gasteiger partial charge in [0.25, 0.3) is 11.8 Å². The number of carboxylic acids is 3. The maximum absolute atomic E-state index is 11.8. The molecule has 1 unspecified atom stereocenters. The Kier molecular flexibility index (Phi) is 10.2. The Bertz CT molecular complexity index is 686. The van der Waals surface area contributed by atoms with Gasteiger partial charge in [0.2, 0.25) is 5.91 Å². The van der Waals surface area contributed by atoms with Gasteiger partial charge in [-0.1, -0.05) is 0 Å². The minimum absolute atomic E-state index is 0.0257. The summed E-state index contributed by atoms with van der Waals surface area (Å²) in [5.74, 6) is -5.08. The number of carboxylic acid groups (broad SMARTS) is 3. The topological polar surface area (TPSA) is 182 Å². The van der Waals surface area contributed by atoms with E-state index in [2.05, 4.69) is 5.32 Å². The predicted molar refractivity (Wildman–Crippen MR) is 100 cm³/mol. The molecule has 3 amide bonds. The Hall–Kier alpha value is -3.28. The maximum atomic E-state index is 11.8. The standard InChI is InChI=1S/C18H25N3O9/c22-13(5-3-9-21-14(23)6-7-15(21)24)19-8-2-1-4-12(18(29)30)20(10-16(25)26)11-17(27)28/h6-7,12H,1-5,8-11H2,(H,19,22)(H,25,26)(H,27,28)(H,29,30). The molecule has 0 fully saturated rings. The Morgan fingerprint density at radius 3 is 2.00 bits per heavy atom. The van der Waals surface area contributed by atoms with E-state index >= 15 is 0 Å². The quantitative estimate of drug-likeness (QED) is 0.185. The van der Waals surface area contributed by atoms with Gasteiger partial charge in [-0.15, -0.1) is 0 Å². The summed E-state index contributed by atoms with van der Waals surface area (Å²) < 4.78 is 0. The van der Waals surface area contributed by atoms with Crippen molar-refractivity contribution in [1.29, 1.82) is 0 Å². The molecule has 1 aliphatic rings. The highest BCUT2D eigenvalue weighted by Crippen LogP contribution is 2.10. The number of nitrogens with one attached hydrogen (secondary N) is 1. The van der Waals surface area contributed by atoms with Gasteiger partial charge in [0.1, 0.15) is 6.04 Å². The van der Waals surface area contributed by atoms with E-state index in [0.29, 0.717) is 19.3 Å². The van der Waals surface area contributed by atoms with Crippen LogP contribution in [0.3, 0.4) is 0 Å². The molecule has 30 heavy (non-hydrogen) atoms. The van der Waals surface area contributed by atoms with E-state index in [4.69, 9.17) is 10.2 Å². The summed E-state index contributed by atoms with van der Waals surface area (Å²) in [5.41, 5.74) is 0. The Balaban J connectivity index is 2.30. The predicted octanol–water partition coefficient (Wildman–Crippen LogP) is -1.10. The minimum atomic E-state index is -1.33. The molecule has 1 aliphatic heterocycles. The molecule has 0 saturated heterocycles. The zero-order chi connectivity index (χ0) is 22.7. The van der Waals surface area contributed by atoms with Crippen LogP contribution >= 0.6 is 0 Å². The number of carbonyl (C=O) groups is 6. The molecule has 0 radical (unpaired) electrons. The van der Waals surface area contributed by atoms with Crippen LogP contribution in [-0.2, 0) is 28.8 Å². The Labute approximate surface area is 172 Å². The third-order valence-electron chi connectivity index (χ3n) is 4.32. The van der Waals surface area contributed by atoms with Crippen molar-refractivity contribution in [2.75, 3.05) is 26.2 Å². The number of carbonyl (C=O) groups excluding carboxylic acids is 3. The highest BCUT2D eigenvalue weighted by atomic mass is 16.4. The molecule has 1 heterocycles. The zero-order valence-corrected chi connectivity index (χ0v) is 16.3. The van der Waals surface area contributed by atoms with Gasteiger partial charge >= 0.3 is 17.9 Å². The average Bonchev–Trinajstić information content (AvgIpc) is 2.95. The second-order valence-corrected chi connectivity index (χ2v) is 6.66. The van der Waals surface area contributed by atoms with E-state index in [0.717, 1.165) is 9.80 Å². The smallest absolute Gasteiger partial charge is 0.320 e. The van der Waals surface area contributed by atoms with Crippen molar-refractivity contribution in [2.24, 2.45) is 0 Å². The van der Waals surface area contributed by atoms with E-state index in [-0.39, 0.29) is 31.8 Å². The van der Waals surface area contributed by atoms with Crippen molar-refractivity contribution in [1.82, 2.24) is 15.1 Å². The van der Waals surface area contributed by atoms with Crippen LogP contribution in [0.4, 0.5) is 0 Å². The lowest BCUT2D eigenvalue weighted by molar-refractivity contribution is -0.149. The van der Waals surface area contributed by atoms with E-state index in [1.54, 1.807) is 0 Å². The molecule has 0 bridgehead atoms. The fourth-order valence-electron chi connectivity index (χ4n) is 2.91. The average molecular weight is 427 g/mol. The number of hydrogen-bond donors (Lipinski definition) is 4. The van der Waals surface area contributed by atoms with Crippen molar-refractivity contribution in [3.63, 3.8) is 0 Å². The van der Waals surface area contributed by atoms with Gasteiger partial charge in [0.05, 0.1) is 13.1 Å². The third-order valence-corrected chi connectivity index (χ3v) is 4.32. The molecule has 0 aromatic heterocycles. The fraction of sp³-hybridized carbons (Fsp3) is 0.556. The third kappa shape index (κ3) is 8.82. The second kappa shape index (κ2) is 12.3. The first-order valence-corrected chi connectivity index (χ1v) is 9.32. The number of imide groups is 1. The molecule has 12 nitrogen and oxygen atoms in total. The first-order valence-electron chi connectivity index (χ1n) is 9.32. The van der Waals surface area contributed by atoms with Crippen LogP contribution in [0.2, 0.25) is 0 Å². The van der Waals surface area contributed by atoms with Crippen molar-refractivity contribution in [2.45, 2.75) is 38.1 Å². The van der Waals surface area contributed by atoms with E-state index in [1.807, 2.05) is 0 Å². The first kappa shape index (κ1) is 24.8. The molecular formula is C18H25N3O9. The van der Waals surface area contributed by atoms with Crippen molar-refractivity contribution < 1.29 is 44.1 Å². The van der Waals surface area contributed by atoms with Gasteiger partial charge in [0.15, 0.2) is 0 Å². The second-order valence-electron chi connectivity index (χ2n) is 6.66. The molecule has 1 atom stereocenters. The highest BCUT2D eigenvalue weighted by molar-refractivity contribution is 6.12. The summed E-state index contributed by atoms with van der Waals surface area (Å²) in [7, 11) is 0. The monoisotopic (exact) mass is 427 g/mol. The highest BCUT2D eigenvalue weighted by Gasteiger charge is 2.28. The number of aliphatic carboxylic acids is 3. The van der Waals surface area contributed by atoms with Crippen LogP contribution < -0.4 is 5.32 Å². The molecule has 0 spiro atoms. The summed E-state index contributed by atoms with van der Waals surface area (Å²) >= 11 is 0.